The summed E-state index contributed by atoms with van der Waals surface area (Å²) in [6.07, 6.45) is 0.478. The van der Waals surface area contributed by atoms with Gasteiger partial charge >= 0.3 is 11.9 Å². The summed E-state index contributed by atoms with van der Waals surface area (Å²) in [7, 11) is -2.68. The van der Waals surface area contributed by atoms with Crippen molar-refractivity contribution in [3.8, 4) is 0 Å². The van der Waals surface area contributed by atoms with Crippen LogP contribution in [-0.4, -0.2) is 44.9 Å². The quantitative estimate of drug-likeness (QED) is 0.589. The average Bonchev–Trinajstić information content (AvgIpc) is 2.24. The highest BCUT2D eigenvalue weighted by Gasteiger charge is 2.21. The first-order chi connectivity index (χ1) is 8.66. The highest BCUT2D eigenvalue weighted by Crippen LogP contribution is 2.15. The van der Waals surface area contributed by atoms with Crippen molar-refractivity contribution in [2.45, 2.75) is 26.7 Å². The fraction of sp³-hybridized carbons (Fsp3) is 0.818. The number of esters is 1. The molecule has 19 heavy (non-hydrogen) atoms. The van der Waals surface area contributed by atoms with Crippen LogP contribution in [-0.2, 0) is 24.3 Å². The number of carboxylic acid groups (broad SMARTS) is 1. The highest BCUT2D eigenvalue weighted by molar-refractivity contribution is 7.90. The van der Waals surface area contributed by atoms with Crippen molar-refractivity contribution in [3.05, 3.63) is 0 Å². The number of hydrogen-bond acceptors (Lipinski definition) is 5. The van der Waals surface area contributed by atoms with Crippen LogP contribution in [0.2, 0.25) is 0 Å². The lowest BCUT2D eigenvalue weighted by Gasteiger charge is -2.17. The summed E-state index contributed by atoms with van der Waals surface area (Å²) in [6.45, 7) is 3.86. The summed E-state index contributed by atoms with van der Waals surface area (Å²) in [5.41, 5.74) is 0. The molecular formula is C11H21NO6S. The predicted molar refractivity (Wildman–Crippen MR) is 69.0 cm³/mol. The van der Waals surface area contributed by atoms with Crippen LogP contribution in [0, 0.1) is 11.8 Å². The minimum absolute atomic E-state index is 0.00378. The maximum absolute atomic E-state index is 11.5. The van der Waals surface area contributed by atoms with Gasteiger partial charge in [0.05, 0.1) is 7.11 Å². The van der Waals surface area contributed by atoms with Crippen LogP contribution in [0.15, 0.2) is 0 Å². The molecule has 0 aromatic carbocycles. The van der Waals surface area contributed by atoms with Crippen LogP contribution >= 0.6 is 0 Å². The molecule has 0 aliphatic heterocycles. The van der Waals surface area contributed by atoms with Gasteiger partial charge in [-0.2, -0.15) is 0 Å². The van der Waals surface area contributed by atoms with E-state index in [-0.39, 0.29) is 24.8 Å². The van der Waals surface area contributed by atoms with Gasteiger partial charge < -0.3 is 9.84 Å². The van der Waals surface area contributed by atoms with E-state index >= 15 is 0 Å². The van der Waals surface area contributed by atoms with Crippen molar-refractivity contribution in [2.24, 2.45) is 11.8 Å². The molecule has 0 amide bonds. The lowest BCUT2D eigenvalue weighted by Crippen LogP contribution is -2.35. The molecule has 0 bridgehead atoms. The molecule has 0 fully saturated rings. The van der Waals surface area contributed by atoms with E-state index in [9.17, 15) is 18.0 Å². The summed E-state index contributed by atoms with van der Waals surface area (Å²) in [5.74, 6) is -2.63. The zero-order valence-corrected chi connectivity index (χ0v) is 12.2. The van der Waals surface area contributed by atoms with Crippen molar-refractivity contribution >= 4 is 22.0 Å². The van der Waals surface area contributed by atoms with E-state index in [1.165, 1.54) is 0 Å². The normalized spacial score (nSPS) is 13.3. The number of ether oxygens (including phenoxy) is 1. The average molecular weight is 295 g/mol. The second-order valence-electron chi connectivity index (χ2n) is 4.78. The molecule has 7 nitrogen and oxygen atoms in total. The number of carboxylic acids is 1. The number of aliphatic carboxylic acids is 1. The van der Waals surface area contributed by atoms with Crippen LogP contribution < -0.4 is 4.72 Å². The topological polar surface area (TPSA) is 110 Å². The van der Waals surface area contributed by atoms with Crippen molar-refractivity contribution in [3.63, 3.8) is 0 Å². The fourth-order valence-corrected chi connectivity index (χ4v) is 2.68. The number of rotatable bonds is 9. The standard InChI is InChI=1S/C11H21NO6S/c1-8(2)4-9(5-10(13)14)6-12-19(16,17)7-11(15)18-3/h8-9,12H,4-7H2,1-3H3,(H,13,14). The zero-order chi connectivity index (χ0) is 15.1. The molecule has 8 heteroatoms. The van der Waals surface area contributed by atoms with Crippen molar-refractivity contribution in [1.29, 1.82) is 0 Å². The van der Waals surface area contributed by atoms with Gasteiger partial charge in [0.25, 0.3) is 0 Å². The van der Waals surface area contributed by atoms with Gasteiger partial charge in [0, 0.05) is 13.0 Å². The molecule has 0 aliphatic carbocycles. The van der Waals surface area contributed by atoms with Gasteiger partial charge in [-0.1, -0.05) is 13.8 Å². The third kappa shape index (κ3) is 9.43. The molecule has 0 radical (unpaired) electrons. The molecule has 0 aromatic heterocycles. The van der Waals surface area contributed by atoms with E-state index < -0.39 is 27.7 Å². The van der Waals surface area contributed by atoms with Crippen LogP contribution in [0.25, 0.3) is 0 Å². The summed E-state index contributed by atoms with van der Waals surface area (Å²) in [6, 6.07) is 0. The Kier molecular flexibility index (Phi) is 7.62. The number of sulfonamides is 1. The zero-order valence-electron chi connectivity index (χ0n) is 11.4. The van der Waals surface area contributed by atoms with Crippen LogP contribution in [0.5, 0.6) is 0 Å². The molecule has 1 unspecified atom stereocenters. The van der Waals surface area contributed by atoms with Gasteiger partial charge in [-0.15, -0.1) is 0 Å². The Hall–Kier alpha value is -1.15. The Morgan fingerprint density at radius 2 is 1.89 bits per heavy atom. The van der Waals surface area contributed by atoms with Gasteiger partial charge in [0.2, 0.25) is 10.0 Å². The summed E-state index contributed by atoms with van der Waals surface area (Å²) >= 11 is 0. The van der Waals surface area contributed by atoms with Gasteiger partial charge in [-0.3, -0.25) is 9.59 Å². The highest BCUT2D eigenvalue weighted by atomic mass is 32.2. The maximum Gasteiger partial charge on any atom is 0.322 e. The van der Waals surface area contributed by atoms with E-state index in [1.54, 1.807) is 0 Å². The Bertz CT molecular complexity index is 403. The minimum Gasteiger partial charge on any atom is -0.481 e. The molecule has 0 aromatic rings. The largest absolute Gasteiger partial charge is 0.481 e. The Morgan fingerprint density at radius 3 is 2.32 bits per heavy atom. The summed E-state index contributed by atoms with van der Waals surface area (Å²) < 4.78 is 29.5. The van der Waals surface area contributed by atoms with Crippen molar-refractivity contribution in [1.82, 2.24) is 4.72 Å². The van der Waals surface area contributed by atoms with Crippen molar-refractivity contribution in [2.75, 3.05) is 19.4 Å². The molecular weight excluding hydrogens is 274 g/mol. The van der Waals surface area contributed by atoms with Gasteiger partial charge in [0.1, 0.15) is 0 Å². The van der Waals surface area contributed by atoms with Crippen LogP contribution in [0.3, 0.4) is 0 Å². The van der Waals surface area contributed by atoms with Crippen molar-refractivity contribution < 1.29 is 27.9 Å². The Balaban J connectivity index is 4.44. The first-order valence-corrected chi connectivity index (χ1v) is 7.57. The van der Waals surface area contributed by atoms with Crippen LogP contribution in [0.4, 0.5) is 0 Å². The van der Waals surface area contributed by atoms with E-state index in [4.69, 9.17) is 5.11 Å². The van der Waals surface area contributed by atoms with Gasteiger partial charge in [-0.25, -0.2) is 13.1 Å². The Morgan fingerprint density at radius 1 is 1.32 bits per heavy atom. The second kappa shape index (κ2) is 8.11. The molecule has 1 atom stereocenters. The minimum atomic E-state index is -3.78. The summed E-state index contributed by atoms with van der Waals surface area (Å²) in [4.78, 5) is 21.6. The summed E-state index contributed by atoms with van der Waals surface area (Å²) in [5, 5.41) is 8.76. The van der Waals surface area contributed by atoms with E-state index in [1.807, 2.05) is 13.8 Å². The molecule has 0 saturated heterocycles. The second-order valence-corrected chi connectivity index (χ2v) is 6.58. The molecule has 2 N–H and O–H groups in total. The number of nitrogens with one attached hydrogen (secondary N) is 1. The maximum atomic E-state index is 11.5. The van der Waals surface area contributed by atoms with E-state index in [0.29, 0.717) is 6.42 Å². The smallest absolute Gasteiger partial charge is 0.322 e. The van der Waals surface area contributed by atoms with E-state index in [0.717, 1.165) is 7.11 Å². The molecule has 0 heterocycles. The van der Waals surface area contributed by atoms with Gasteiger partial charge in [0.15, 0.2) is 5.75 Å². The number of carbonyl (C=O) groups is 2. The monoisotopic (exact) mass is 295 g/mol. The lowest BCUT2D eigenvalue weighted by molar-refractivity contribution is -0.139. The number of carbonyl (C=O) groups excluding carboxylic acids is 1. The Labute approximate surface area is 113 Å². The SMILES string of the molecule is COC(=O)CS(=O)(=O)NCC(CC(=O)O)CC(C)C. The number of hydrogen-bond donors (Lipinski definition) is 2. The van der Waals surface area contributed by atoms with Crippen LogP contribution in [0.1, 0.15) is 26.7 Å². The first-order valence-electron chi connectivity index (χ1n) is 5.92. The lowest BCUT2D eigenvalue weighted by atomic mass is 9.94. The first kappa shape index (κ1) is 17.8. The molecule has 0 aliphatic rings. The molecule has 0 spiro atoms. The molecule has 112 valence electrons. The third-order valence-corrected chi connectivity index (χ3v) is 3.62. The predicted octanol–water partition coefficient (Wildman–Crippen LogP) is 0.216. The van der Waals surface area contributed by atoms with E-state index in [2.05, 4.69) is 9.46 Å². The third-order valence-electron chi connectivity index (χ3n) is 2.40. The number of methoxy groups -OCH3 is 1. The molecule has 0 saturated carbocycles. The fourth-order valence-electron chi connectivity index (χ4n) is 1.66. The van der Waals surface area contributed by atoms with Gasteiger partial charge in [-0.05, 0) is 18.3 Å². The molecule has 0 rings (SSSR count).